The van der Waals surface area contributed by atoms with Gasteiger partial charge in [0.2, 0.25) is 5.95 Å². The topological polar surface area (TPSA) is 92.9 Å². The molecule has 0 bridgehead atoms. The maximum Gasteiger partial charge on any atom is 0.224 e. The number of nitrogens with two attached hydrogens (primary N) is 1. The molecule has 0 fully saturated rings. The van der Waals surface area contributed by atoms with Crippen LogP contribution in [0, 0.1) is 0 Å². The van der Waals surface area contributed by atoms with Crippen LogP contribution < -0.4 is 16.4 Å². The van der Waals surface area contributed by atoms with Gasteiger partial charge in [0.05, 0.1) is 31.7 Å². The van der Waals surface area contributed by atoms with Crippen LogP contribution in [0.4, 0.5) is 11.6 Å². The molecule has 4 N–H and O–H groups in total. The molecule has 0 aliphatic rings. The molecule has 0 saturated heterocycles. The number of fused-ring (bicyclic) bond motifs is 1. The van der Waals surface area contributed by atoms with Gasteiger partial charge in [0, 0.05) is 25.6 Å². The van der Waals surface area contributed by atoms with Crippen LogP contribution in [-0.4, -0.2) is 35.9 Å². The first-order valence-electron chi connectivity index (χ1n) is 7.87. The van der Waals surface area contributed by atoms with Crippen LogP contribution in [0.15, 0.2) is 18.2 Å². The van der Waals surface area contributed by atoms with Gasteiger partial charge in [0.1, 0.15) is 4.83 Å². The van der Waals surface area contributed by atoms with Gasteiger partial charge in [0.25, 0.3) is 0 Å². The third-order valence-corrected chi connectivity index (χ3v) is 5.70. The van der Waals surface area contributed by atoms with E-state index < -0.39 is 0 Å². The van der Waals surface area contributed by atoms with Gasteiger partial charge >= 0.3 is 0 Å². The van der Waals surface area contributed by atoms with Gasteiger partial charge in [-0.15, -0.1) is 11.3 Å². The fraction of sp³-hybridized carbons (Fsp3) is 0.235. The van der Waals surface area contributed by atoms with Gasteiger partial charge in [-0.25, -0.2) is 9.97 Å². The number of benzene rings is 1. The lowest BCUT2D eigenvalue weighted by molar-refractivity contribution is 0.102. The summed E-state index contributed by atoms with van der Waals surface area (Å²) < 4.78 is 0. The van der Waals surface area contributed by atoms with Crippen LogP contribution in [0.2, 0.25) is 10.0 Å². The molecule has 0 aliphatic carbocycles. The summed E-state index contributed by atoms with van der Waals surface area (Å²) in [4.78, 5) is 22.1. The maximum atomic E-state index is 11.9. The number of hydrogen-bond donors (Lipinski definition) is 3. The Balaban J connectivity index is 2.22. The molecule has 0 aliphatic heterocycles. The number of nitrogens with zero attached hydrogens (tertiary/aromatic N) is 2. The van der Waals surface area contributed by atoms with Crippen LogP contribution in [0.3, 0.4) is 0 Å². The second-order valence-electron chi connectivity index (χ2n) is 5.64. The van der Waals surface area contributed by atoms with Crippen molar-refractivity contribution in [2.75, 3.05) is 31.2 Å². The number of Topliss-reactive ketones (excluding diaryl/α,β-unsaturated/α-hetero) is 1. The molecule has 0 spiro atoms. The summed E-state index contributed by atoms with van der Waals surface area (Å²) in [5, 5.41) is 7.74. The van der Waals surface area contributed by atoms with Crippen molar-refractivity contribution >= 4 is 62.2 Å². The molecule has 136 valence electrons. The highest BCUT2D eigenvalue weighted by atomic mass is 35.5. The van der Waals surface area contributed by atoms with Crippen molar-refractivity contribution in [3.05, 3.63) is 33.1 Å². The Morgan fingerprint density at radius 2 is 2.00 bits per heavy atom. The highest BCUT2D eigenvalue weighted by molar-refractivity contribution is 7.21. The summed E-state index contributed by atoms with van der Waals surface area (Å²) in [5.41, 5.74) is 7.99. The quantitative estimate of drug-likeness (QED) is 0.419. The number of aromatic nitrogens is 2. The summed E-state index contributed by atoms with van der Waals surface area (Å²) in [5.74, 6) is 0.362. The standard InChI is InChI=1S/C17H17Cl2N5OS/c1-8(25)15-13(20)12-14(9-3-4-10(18)11(19)7-9)23-17(22-6-5-21-2)24-16(12)26-15/h3-4,7,21H,5-6,20H2,1-2H3,(H,22,23,24). The van der Waals surface area contributed by atoms with Crippen LogP contribution in [-0.2, 0) is 0 Å². The molecular formula is C17H17Cl2N5OS. The van der Waals surface area contributed by atoms with Gasteiger partial charge in [-0.3, -0.25) is 4.79 Å². The number of carbonyl (C=O) groups is 1. The number of anilines is 2. The zero-order valence-electron chi connectivity index (χ0n) is 14.2. The molecule has 3 aromatic rings. The van der Waals surface area contributed by atoms with E-state index in [-0.39, 0.29) is 5.78 Å². The lowest BCUT2D eigenvalue weighted by Gasteiger charge is -2.09. The van der Waals surface area contributed by atoms with Gasteiger partial charge in [0.15, 0.2) is 5.78 Å². The smallest absolute Gasteiger partial charge is 0.224 e. The Morgan fingerprint density at radius 3 is 2.65 bits per heavy atom. The number of rotatable bonds is 6. The fourth-order valence-electron chi connectivity index (χ4n) is 2.51. The first kappa shape index (κ1) is 18.8. The molecule has 0 unspecified atom stereocenters. The van der Waals surface area contributed by atoms with Crippen LogP contribution in [0.5, 0.6) is 0 Å². The lowest BCUT2D eigenvalue weighted by atomic mass is 10.1. The fourth-order valence-corrected chi connectivity index (χ4v) is 3.80. The number of nitrogens with one attached hydrogen (secondary N) is 2. The summed E-state index contributed by atoms with van der Waals surface area (Å²) in [7, 11) is 1.87. The van der Waals surface area contributed by atoms with Crippen molar-refractivity contribution in [2.45, 2.75) is 6.92 Å². The maximum absolute atomic E-state index is 11.9. The zero-order valence-corrected chi connectivity index (χ0v) is 16.5. The largest absolute Gasteiger partial charge is 0.397 e. The number of likely N-dealkylation sites (N-methyl/N-ethyl adjacent to an activating group) is 1. The molecule has 2 heterocycles. The minimum Gasteiger partial charge on any atom is -0.397 e. The normalized spacial score (nSPS) is 11.1. The van der Waals surface area contributed by atoms with Crippen LogP contribution in [0.25, 0.3) is 21.5 Å². The van der Waals surface area contributed by atoms with E-state index in [2.05, 4.69) is 20.6 Å². The Labute approximate surface area is 164 Å². The first-order valence-corrected chi connectivity index (χ1v) is 9.44. The van der Waals surface area contributed by atoms with E-state index in [0.29, 0.717) is 49.0 Å². The molecule has 6 nitrogen and oxygen atoms in total. The summed E-state index contributed by atoms with van der Waals surface area (Å²) in [6.07, 6.45) is 0. The van der Waals surface area contributed by atoms with Crippen molar-refractivity contribution in [3.63, 3.8) is 0 Å². The van der Waals surface area contributed by atoms with E-state index in [1.807, 2.05) is 13.1 Å². The number of halogens is 2. The van der Waals surface area contributed by atoms with Gasteiger partial charge < -0.3 is 16.4 Å². The van der Waals surface area contributed by atoms with Crippen molar-refractivity contribution in [1.82, 2.24) is 15.3 Å². The molecule has 3 rings (SSSR count). The Hall–Kier alpha value is -1.93. The minimum absolute atomic E-state index is 0.102. The monoisotopic (exact) mass is 409 g/mol. The second kappa shape index (κ2) is 7.75. The highest BCUT2D eigenvalue weighted by Crippen LogP contribution is 2.40. The zero-order chi connectivity index (χ0) is 18.8. The number of nitrogen functional groups attached to an aromatic ring is 1. The van der Waals surface area contributed by atoms with Crippen molar-refractivity contribution < 1.29 is 4.79 Å². The predicted octanol–water partition coefficient (Wildman–Crippen LogP) is 4.08. The SMILES string of the molecule is CNCCNc1nc(-c2ccc(Cl)c(Cl)c2)c2c(N)c(C(C)=O)sc2n1. The number of ketones is 1. The van der Waals surface area contributed by atoms with E-state index >= 15 is 0 Å². The molecule has 2 aromatic heterocycles. The molecular weight excluding hydrogens is 393 g/mol. The van der Waals surface area contributed by atoms with E-state index in [0.717, 1.165) is 12.1 Å². The van der Waals surface area contributed by atoms with Crippen molar-refractivity contribution in [1.29, 1.82) is 0 Å². The van der Waals surface area contributed by atoms with E-state index in [9.17, 15) is 4.79 Å². The van der Waals surface area contributed by atoms with E-state index in [4.69, 9.17) is 28.9 Å². The van der Waals surface area contributed by atoms with Gasteiger partial charge in [-0.1, -0.05) is 29.3 Å². The van der Waals surface area contributed by atoms with Crippen molar-refractivity contribution in [3.8, 4) is 11.3 Å². The molecule has 0 atom stereocenters. The van der Waals surface area contributed by atoms with Crippen LogP contribution >= 0.6 is 34.5 Å². The molecule has 1 aromatic carbocycles. The summed E-state index contributed by atoms with van der Waals surface area (Å²) >= 11 is 13.5. The average Bonchev–Trinajstić information content (AvgIpc) is 2.94. The molecule has 0 saturated carbocycles. The van der Waals surface area contributed by atoms with Crippen molar-refractivity contribution in [2.24, 2.45) is 0 Å². The second-order valence-corrected chi connectivity index (χ2v) is 7.45. The Kier molecular flexibility index (Phi) is 5.62. The predicted molar refractivity (Wildman–Crippen MR) is 110 cm³/mol. The average molecular weight is 410 g/mol. The first-order chi connectivity index (χ1) is 12.4. The summed E-state index contributed by atoms with van der Waals surface area (Å²) in [6.45, 7) is 2.90. The number of carbonyl (C=O) groups excluding carboxylic acids is 1. The van der Waals surface area contributed by atoms with Crippen LogP contribution in [0.1, 0.15) is 16.6 Å². The van der Waals surface area contributed by atoms with Gasteiger partial charge in [-0.05, 0) is 19.2 Å². The number of thiophene rings is 1. The summed E-state index contributed by atoms with van der Waals surface area (Å²) in [6, 6.07) is 5.25. The number of hydrogen-bond acceptors (Lipinski definition) is 7. The Bertz CT molecular complexity index is 989. The third-order valence-electron chi connectivity index (χ3n) is 3.76. The van der Waals surface area contributed by atoms with E-state index in [1.165, 1.54) is 18.3 Å². The highest BCUT2D eigenvalue weighted by Gasteiger charge is 2.20. The Morgan fingerprint density at radius 1 is 1.23 bits per heavy atom. The molecule has 26 heavy (non-hydrogen) atoms. The minimum atomic E-state index is -0.102. The molecule has 9 heteroatoms. The lowest BCUT2D eigenvalue weighted by Crippen LogP contribution is -2.18. The molecule has 0 amide bonds. The van der Waals surface area contributed by atoms with E-state index in [1.54, 1.807) is 12.1 Å². The van der Waals surface area contributed by atoms with Gasteiger partial charge in [-0.2, -0.15) is 0 Å². The third kappa shape index (κ3) is 3.61. The molecule has 0 radical (unpaired) electrons.